The second kappa shape index (κ2) is 9.63. The molecule has 0 amide bonds. The van der Waals surface area contributed by atoms with E-state index in [0.717, 1.165) is 0 Å². The summed E-state index contributed by atoms with van der Waals surface area (Å²) in [5.74, 6) is -0.304. The number of anilines is 1. The summed E-state index contributed by atoms with van der Waals surface area (Å²) in [4.78, 5) is 19.6. The Kier molecular flexibility index (Phi) is 7.52. The van der Waals surface area contributed by atoms with Crippen molar-refractivity contribution in [2.75, 3.05) is 18.8 Å². The van der Waals surface area contributed by atoms with Crippen molar-refractivity contribution in [2.24, 2.45) is 0 Å². The SMILES string of the molecule is CC(C)OC(=O)[C@H](C)N[P+](=O)CO[C@H](CF)Cc1cnc2c(N)ncnn12. The van der Waals surface area contributed by atoms with E-state index in [1.54, 1.807) is 13.8 Å². The van der Waals surface area contributed by atoms with Gasteiger partial charge in [0.2, 0.25) is 0 Å². The number of hydrogen-bond acceptors (Lipinski definition) is 8. The topological polar surface area (TPSA) is 134 Å². The largest absolute Gasteiger partial charge is 0.462 e. The number of nitrogens with zero attached hydrogens (tertiary/aromatic N) is 4. The summed E-state index contributed by atoms with van der Waals surface area (Å²) >= 11 is 0. The summed E-state index contributed by atoms with van der Waals surface area (Å²) < 4.78 is 37.2. The molecule has 3 N–H and O–H groups in total. The van der Waals surface area contributed by atoms with Crippen LogP contribution in [0.1, 0.15) is 26.5 Å². The van der Waals surface area contributed by atoms with Crippen molar-refractivity contribution < 1.29 is 23.2 Å². The Labute approximate surface area is 156 Å². The Bertz CT molecular complexity index is 802. The van der Waals surface area contributed by atoms with Gasteiger partial charge in [0.1, 0.15) is 19.0 Å². The smallest absolute Gasteiger partial charge is 0.461 e. The van der Waals surface area contributed by atoms with Crippen LogP contribution >= 0.6 is 7.95 Å². The number of carbonyl (C=O) groups excluding carboxylic acids is 1. The minimum absolute atomic E-state index is 0.155. The van der Waals surface area contributed by atoms with Gasteiger partial charge in [-0.15, -0.1) is 0 Å². The fourth-order valence-corrected chi connectivity index (χ4v) is 3.18. The lowest BCUT2D eigenvalue weighted by atomic mass is 10.2. The van der Waals surface area contributed by atoms with Crippen LogP contribution in [0.25, 0.3) is 5.65 Å². The van der Waals surface area contributed by atoms with Crippen molar-refractivity contribution in [3.8, 4) is 0 Å². The number of nitrogens with two attached hydrogens (primary N) is 1. The second-order valence-electron chi connectivity index (χ2n) is 6.12. The molecule has 2 aromatic heterocycles. The lowest BCUT2D eigenvalue weighted by Gasteiger charge is -2.12. The first-order valence-electron chi connectivity index (χ1n) is 8.33. The predicted octanol–water partition coefficient (Wildman–Crippen LogP) is 1.23. The molecule has 27 heavy (non-hydrogen) atoms. The van der Waals surface area contributed by atoms with Gasteiger partial charge in [-0.05, 0) is 25.3 Å². The van der Waals surface area contributed by atoms with Crippen molar-refractivity contribution in [2.45, 2.75) is 45.4 Å². The van der Waals surface area contributed by atoms with Crippen LogP contribution in [0.4, 0.5) is 10.2 Å². The quantitative estimate of drug-likeness (QED) is 0.445. The summed E-state index contributed by atoms with van der Waals surface area (Å²) in [6, 6.07) is -0.762. The molecule has 0 aliphatic heterocycles. The van der Waals surface area contributed by atoms with Crippen LogP contribution in [0, 0.1) is 0 Å². The van der Waals surface area contributed by atoms with Gasteiger partial charge in [-0.25, -0.2) is 18.9 Å². The second-order valence-corrected chi connectivity index (χ2v) is 7.39. The molecule has 0 aliphatic rings. The van der Waals surface area contributed by atoms with Gasteiger partial charge in [0.15, 0.2) is 11.5 Å². The third kappa shape index (κ3) is 5.88. The van der Waals surface area contributed by atoms with E-state index in [-0.39, 0.29) is 24.7 Å². The van der Waals surface area contributed by atoms with Crippen molar-refractivity contribution in [1.82, 2.24) is 24.7 Å². The lowest BCUT2D eigenvalue weighted by molar-refractivity contribution is -0.148. The van der Waals surface area contributed by atoms with Crippen LogP contribution in [0.2, 0.25) is 0 Å². The normalized spacial score (nSPS) is 14.3. The molecular weight excluding hydrogens is 378 g/mol. The number of esters is 1. The molecule has 148 valence electrons. The number of imidazole rings is 1. The van der Waals surface area contributed by atoms with Crippen LogP contribution in [0.3, 0.4) is 0 Å². The number of alkyl halides is 1. The fourth-order valence-electron chi connectivity index (χ4n) is 2.23. The molecule has 0 radical (unpaired) electrons. The summed E-state index contributed by atoms with van der Waals surface area (Å²) in [5.41, 5.74) is 6.66. The Balaban J connectivity index is 1.88. The van der Waals surface area contributed by atoms with E-state index >= 15 is 0 Å². The van der Waals surface area contributed by atoms with Crippen molar-refractivity contribution in [3.63, 3.8) is 0 Å². The average molecular weight is 401 g/mol. The first-order chi connectivity index (χ1) is 12.8. The first kappa shape index (κ1) is 21.1. The Morgan fingerprint density at radius 1 is 1.41 bits per heavy atom. The lowest BCUT2D eigenvalue weighted by Crippen LogP contribution is -2.33. The number of hydrogen-bond donors (Lipinski definition) is 2. The molecule has 0 saturated carbocycles. The molecule has 0 fully saturated rings. The number of carbonyl (C=O) groups is 1. The van der Waals surface area contributed by atoms with E-state index in [0.29, 0.717) is 11.3 Å². The third-order valence-electron chi connectivity index (χ3n) is 3.48. The number of halogens is 1. The van der Waals surface area contributed by atoms with E-state index in [9.17, 15) is 13.8 Å². The zero-order chi connectivity index (χ0) is 20.0. The maximum atomic E-state index is 13.3. The third-order valence-corrected chi connectivity index (χ3v) is 4.54. The van der Waals surface area contributed by atoms with Crippen LogP contribution in [0.5, 0.6) is 0 Å². The molecule has 1 unspecified atom stereocenters. The summed E-state index contributed by atoms with van der Waals surface area (Å²) in [6.45, 7) is 4.19. The molecule has 0 aliphatic carbocycles. The molecule has 2 heterocycles. The monoisotopic (exact) mass is 401 g/mol. The highest BCUT2D eigenvalue weighted by molar-refractivity contribution is 7.42. The van der Waals surface area contributed by atoms with Gasteiger partial charge in [-0.2, -0.15) is 5.10 Å². The highest BCUT2D eigenvalue weighted by atomic mass is 31.1. The summed E-state index contributed by atoms with van der Waals surface area (Å²) in [5, 5.41) is 6.62. The van der Waals surface area contributed by atoms with Crippen LogP contribution < -0.4 is 10.8 Å². The molecule has 0 bridgehead atoms. The van der Waals surface area contributed by atoms with Crippen LogP contribution in [-0.4, -0.2) is 56.8 Å². The van der Waals surface area contributed by atoms with Gasteiger partial charge >= 0.3 is 13.9 Å². The summed E-state index contributed by atoms with van der Waals surface area (Å²) in [7, 11) is -2.08. The van der Waals surface area contributed by atoms with Crippen molar-refractivity contribution in [3.05, 3.63) is 18.2 Å². The minimum Gasteiger partial charge on any atom is -0.462 e. The molecule has 0 spiro atoms. The Hall–Kier alpha value is -2.23. The molecule has 10 nitrogen and oxygen atoms in total. The van der Waals surface area contributed by atoms with Gasteiger partial charge in [-0.1, -0.05) is 5.09 Å². The zero-order valence-corrected chi connectivity index (χ0v) is 16.2. The zero-order valence-electron chi connectivity index (χ0n) is 15.3. The van der Waals surface area contributed by atoms with E-state index in [4.69, 9.17) is 15.2 Å². The minimum atomic E-state index is -2.08. The number of ether oxygens (including phenoxy) is 2. The van der Waals surface area contributed by atoms with E-state index in [2.05, 4.69) is 20.2 Å². The van der Waals surface area contributed by atoms with Crippen LogP contribution in [0.15, 0.2) is 12.5 Å². The predicted molar refractivity (Wildman–Crippen MR) is 96.0 cm³/mol. The Morgan fingerprint density at radius 2 is 2.15 bits per heavy atom. The van der Waals surface area contributed by atoms with Crippen LogP contribution in [-0.2, 0) is 25.3 Å². The molecule has 12 heteroatoms. The molecule has 2 rings (SSSR count). The van der Waals surface area contributed by atoms with Crippen molar-refractivity contribution >= 4 is 25.4 Å². The summed E-state index contributed by atoms with van der Waals surface area (Å²) in [6.07, 6.45) is 1.57. The van der Waals surface area contributed by atoms with E-state index < -0.39 is 32.7 Å². The Morgan fingerprint density at radius 3 is 2.81 bits per heavy atom. The van der Waals surface area contributed by atoms with Gasteiger partial charge in [0.05, 0.1) is 24.1 Å². The van der Waals surface area contributed by atoms with Gasteiger partial charge in [0, 0.05) is 6.42 Å². The van der Waals surface area contributed by atoms with Gasteiger partial charge < -0.3 is 15.2 Å². The number of nitrogens with one attached hydrogen (secondary N) is 1. The van der Waals surface area contributed by atoms with E-state index in [1.807, 2.05) is 0 Å². The number of rotatable bonds is 10. The highest BCUT2D eigenvalue weighted by Crippen LogP contribution is 2.19. The van der Waals surface area contributed by atoms with E-state index in [1.165, 1.54) is 24.0 Å². The number of aromatic nitrogens is 4. The number of nitrogen functional groups attached to an aromatic ring is 1. The maximum absolute atomic E-state index is 13.3. The van der Waals surface area contributed by atoms with Crippen molar-refractivity contribution in [1.29, 1.82) is 0 Å². The molecule has 0 saturated heterocycles. The average Bonchev–Trinajstić information content (AvgIpc) is 3.02. The number of fused-ring (bicyclic) bond motifs is 1. The maximum Gasteiger partial charge on any atom is 0.461 e. The highest BCUT2D eigenvalue weighted by Gasteiger charge is 2.27. The standard InChI is InChI=1S/C15H23FN6O4P/c1-9(2)26-15(23)10(3)21-27(24)8-25-12(5-16)4-11-6-18-14-13(17)19-7-20-22(11)14/h6-7,9-10,12H,4-5,8H2,1-3H3,(H,21,24)(H2,17,19,20)/q+1/t10-,12-/m0/s1. The molecule has 3 atom stereocenters. The molecule has 0 aromatic carbocycles. The fraction of sp³-hybridized carbons (Fsp3) is 0.600. The first-order valence-corrected chi connectivity index (χ1v) is 9.78. The van der Waals surface area contributed by atoms with Gasteiger partial charge in [0.25, 0.3) is 6.35 Å². The van der Waals surface area contributed by atoms with Gasteiger partial charge in [-0.3, -0.25) is 4.79 Å². The molecule has 2 aromatic rings. The molecular formula is C15H23FN6O4P+.